The third kappa shape index (κ3) is 3.79. The number of amides is 1. The molecule has 1 fully saturated rings. The van der Waals surface area contributed by atoms with Crippen LogP contribution in [0.2, 0.25) is 0 Å². The average molecular weight is 230 g/mol. The standard InChI is InChI=1S/C10H18N2O4/c1-5(2)8(12-10-6(3)16-10)9(15)11-4-7(13)14/h5-6,8,10,12H,4H2,1-3H3,(H,11,15)(H,13,14). The van der Waals surface area contributed by atoms with E-state index in [1.54, 1.807) is 0 Å². The van der Waals surface area contributed by atoms with Crippen molar-refractivity contribution in [2.45, 2.75) is 39.1 Å². The lowest BCUT2D eigenvalue weighted by Gasteiger charge is -2.20. The first-order chi connectivity index (χ1) is 7.41. The van der Waals surface area contributed by atoms with Gasteiger partial charge in [0.15, 0.2) is 0 Å². The third-order valence-electron chi connectivity index (χ3n) is 2.42. The van der Waals surface area contributed by atoms with Gasteiger partial charge in [-0.15, -0.1) is 0 Å². The Morgan fingerprint density at radius 3 is 2.38 bits per heavy atom. The average Bonchev–Trinajstić information content (AvgIpc) is 2.86. The Hall–Kier alpha value is -1.14. The largest absolute Gasteiger partial charge is 0.480 e. The van der Waals surface area contributed by atoms with E-state index in [4.69, 9.17) is 9.84 Å². The Balaban J connectivity index is 2.42. The summed E-state index contributed by atoms with van der Waals surface area (Å²) in [6.45, 7) is 5.34. The smallest absolute Gasteiger partial charge is 0.322 e. The molecule has 3 N–H and O–H groups in total. The SMILES string of the molecule is CC(C)C(NC1OC1C)C(=O)NCC(=O)O. The molecular formula is C10H18N2O4. The van der Waals surface area contributed by atoms with Gasteiger partial charge in [0, 0.05) is 0 Å². The summed E-state index contributed by atoms with van der Waals surface area (Å²) in [6, 6.07) is -0.422. The number of hydrogen-bond acceptors (Lipinski definition) is 4. The number of carbonyl (C=O) groups is 2. The van der Waals surface area contributed by atoms with Gasteiger partial charge in [0.2, 0.25) is 5.91 Å². The van der Waals surface area contributed by atoms with E-state index in [1.165, 1.54) is 0 Å². The molecule has 0 saturated carbocycles. The highest BCUT2D eigenvalue weighted by Crippen LogP contribution is 2.19. The van der Waals surface area contributed by atoms with Crippen LogP contribution in [0.15, 0.2) is 0 Å². The normalized spacial score (nSPS) is 25.2. The van der Waals surface area contributed by atoms with Crippen molar-refractivity contribution in [3.8, 4) is 0 Å². The molecule has 0 spiro atoms. The van der Waals surface area contributed by atoms with Crippen LogP contribution >= 0.6 is 0 Å². The molecule has 92 valence electrons. The Morgan fingerprint density at radius 2 is 2.00 bits per heavy atom. The van der Waals surface area contributed by atoms with Crippen molar-refractivity contribution in [2.75, 3.05) is 6.54 Å². The van der Waals surface area contributed by atoms with Crippen LogP contribution in [0.4, 0.5) is 0 Å². The molecule has 3 unspecified atom stereocenters. The molecule has 1 rings (SSSR count). The molecular weight excluding hydrogens is 212 g/mol. The monoisotopic (exact) mass is 230 g/mol. The van der Waals surface area contributed by atoms with Crippen molar-refractivity contribution in [1.82, 2.24) is 10.6 Å². The van der Waals surface area contributed by atoms with Crippen LogP contribution in [0.25, 0.3) is 0 Å². The molecule has 0 aliphatic carbocycles. The minimum absolute atomic E-state index is 0.0743. The van der Waals surface area contributed by atoms with Crippen molar-refractivity contribution in [3.05, 3.63) is 0 Å². The van der Waals surface area contributed by atoms with E-state index in [-0.39, 0.29) is 30.7 Å². The van der Waals surface area contributed by atoms with E-state index < -0.39 is 12.0 Å². The number of carboxylic acids is 1. The quantitative estimate of drug-likeness (QED) is 0.537. The highest BCUT2D eigenvalue weighted by Gasteiger charge is 2.38. The minimum Gasteiger partial charge on any atom is -0.480 e. The van der Waals surface area contributed by atoms with E-state index in [1.807, 2.05) is 20.8 Å². The van der Waals surface area contributed by atoms with E-state index >= 15 is 0 Å². The Labute approximate surface area is 94.3 Å². The molecule has 0 bridgehead atoms. The summed E-state index contributed by atoms with van der Waals surface area (Å²) in [7, 11) is 0. The minimum atomic E-state index is -1.05. The highest BCUT2D eigenvalue weighted by molar-refractivity contribution is 5.85. The van der Waals surface area contributed by atoms with Gasteiger partial charge in [-0.2, -0.15) is 0 Å². The molecule has 1 aliphatic heterocycles. The number of nitrogens with one attached hydrogen (secondary N) is 2. The maximum atomic E-state index is 11.7. The topological polar surface area (TPSA) is 91.0 Å². The van der Waals surface area contributed by atoms with Crippen LogP contribution in [0.1, 0.15) is 20.8 Å². The van der Waals surface area contributed by atoms with Gasteiger partial charge in [0.25, 0.3) is 0 Å². The summed E-state index contributed by atoms with van der Waals surface area (Å²) in [5, 5.41) is 13.9. The lowest BCUT2D eigenvalue weighted by atomic mass is 10.0. The number of hydrogen-bond donors (Lipinski definition) is 3. The van der Waals surface area contributed by atoms with Gasteiger partial charge < -0.3 is 15.2 Å². The maximum Gasteiger partial charge on any atom is 0.322 e. The van der Waals surface area contributed by atoms with E-state index in [0.29, 0.717) is 0 Å². The summed E-state index contributed by atoms with van der Waals surface area (Å²) in [4.78, 5) is 22.0. The van der Waals surface area contributed by atoms with Crippen molar-refractivity contribution < 1.29 is 19.4 Å². The second-order valence-corrected chi connectivity index (χ2v) is 4.26. The number of carboxylic acid groups (broad SMARTS) is 1. The first-order valence-corrected chi connectivity index (χ1v) is 5.33. The summed E-state index contributed by atoms with van der Waals surface area (Å²) in [5.41, 5.74) is 0. The van der Waals surface area contributed by atoms with Crippen LogP contribution in [-0.4, -0.2) is 41.9 Å². The van der Waals surface area contributed by atoms with Crippen LogP contribution < -0.4 is 10.6 Å². The van der Waals surface area contributed by atoms with Crippen molar-refractivity contribution >= 4 is 11.9 Å². The van der Waals surface area contributed by atoms with Gasteiger partial charge in [-0.3, -0.25) is 14.9 Å². The molecule has 1 saturated heterocycles. The zero-order valence-electron chi connectivity index (χ0n) is 9.69. The van der Waals surface area contributed by atoms with Crippen LogP contribution in [0.3, 0.4) is 0 Å². The third-order valence-corrected chi connectivity index (χ3v) is 2.42. The fourth-order valence-corrected chi connectivity index (χ4v) is 1.38. The van der Waals surface area contributed by atoms with Crippen LogP contribution in [0, 0.1) is 5.92 Å². The predicted octanol–water partition coefficient (Wildman–Crippen LogP) is -0.454. The molecule has 0 aromatic heterocycles. The van der Waals surface area contributed by atoms with E-state index in [2.05, 4.69) is 10.6 Å². The zero-order valence-corrected chi connectivity index (χ0v) is 9.69. The first-order valence-electron chi connectivity index (χ1n) is 5.33. The lowest BCUT2D eigenvalue weighted by molar-refractivity contribution is -0.138. The molecule has 0 aromatic carbocycles. The number of ether oxygens (including phenoxy) is 1. The van der Waals surface area contributed by atoms with Gasteiger partial charge in [0.05, 0.1) is 12.1 Å². The molecule has 0 radical (unpaired) electrons. The van der Waals surface area contributed by atoms with Crippen molar-refractivity contribution in [1.29, 1.82) is 0 Å². The summed E-state index contributed by atoms with van der Waals surface area (Å²) in [5.74, 6) is -1.28. The van der Waals surface area contributed by atoms with Crippen LogP contribution in [0.5, 0.6) is 0 Å². The second kappa shape index (κ2) is 5.27. The van der Waals surface area contributed by atoms with Gasteiger partial charge >= 0.3 is 5.97 Å². The Kier molecular flexibility index (Phi) is 4.26. The molecule has 6 nitrogen and oxygen atoms in total. The summed E-state index contributed by atoms with van der Waals surface area (Å²) in [6.07, 6.45) is 0.0245. The number of rotatable bonds is 6. The number of aliphatic carboxylic acids is 1. The second-order valence-electron chi connectivity index (χ2n) is 4.26. The van der Waals surface area contributed by atoms with Gasteiger partial charge in [-0.05, 0) is 12.8 Å². The molecule has 1 amide bonds. The highest BCUT2D eigenvalue weighted by atomic mass is 16.6. The summed E-state index contributed by atoms with van der Waals surface area (Å²) < 4.78 is 5.17. The number of carbonyl (C=O) groups excluding carboxylic acids is 1. The first kappa shape index (κ1) is 12.9. The Morgan fingerprint density at radius 1 is 1.44 bits per heavy atom. The van der Waals surface area contributed by atoms with Gasteiger partial charge in [0.1, 0.15) is 12.8 Å². The molecule has 6 heteroatoms. The molecule has 16 heavy (non-hydrogen) atoms. The predicted molar refractivity (Wildman–Crippen MR) is 56.7 cm³/mol. The van der Waals surface area contributed by atoms with Gasteiger partial charge in [-0.25, -0.2) is 0 Å². The maximum absolute atomic E-state index is 11.7. The van der Waals surface area contributed by atoms with Gasteiger partial charge in [-0.1, -0.05) is 13.8 Å². The summed E-state index contributed by atoms with van der Waals surface area (Å²) >= 11 is 0. The fourth-order valence-electron chi connectivity index (χ4n) is 1.38. The van der Waals surface area contributed by atoms with Crippen LogP contribution in [-0.2, 0) is 14.3 Å². The van der Waals surface area contributed by atoms with Crippen molar-refractivity contribution in [3.63, 3.8) is 0 Å². The number of epoxide rings is 1. The lowest BCUT2D eigenvalue weighted by Crippen LogP contribution is -2.49. The fraction of sp³-hybridized carbons (Fsp3) is 0.800. The molecule has 1 heterocycles. The van der Waals surface area contributed by atoms with Crippen molar-refractivity contribution in [2.24, 2.45) is 5.92 Å². The Bertz CT molecular complexity index is 280. The van der Waals surface area contributed by atoms with E-state index in [9.17, 15) is 9.59 Å². The zero-order chi connectivity index (χ0) is 12.3. The van der Waals surface area contributed by atoms with E-state index in [0.717, 1.165) is 0 Å². The molecule has 3 atom stereocenters. The molecule has 1 aliphatic rings. The molecule has 0 aromatic rings.